The monoisotopic (exact) mass is 183 g/mol. The molecule has 0 fully saturated rings. The van der Waals surface area contributed by atoms with Gasteiger partial charge in [-0.05, 0) is 11.5 Å². The number of rotatable bonds is 0. The molecule has 0 N–H and O–H groups in total. The van der Waals surface area contributed by atoms with E-state index in [4.69, 9.17) is 4.74 Å². The second kappa shape index (κ2) is 2.84. The van der Waals surface area contributed by atoms with E-state index < -0.39 is 0 Å². The summed E-state index contributed by atoms with van der Waals surface area (Å²) in [5.41, 5.74) is 0.953. The second-order valence-electron chi connectivity index (χ2n) is 3.26. The van der Waals surface area contributed by atoms with Gasteiger partial charge in [0.05, 0.1) is 0 Å². The van der Waals surface area contributed by atoms with Gasteiger partial charge in [0.25, 0.3) is 0 Å². The molecule has 2 aromatic rings. The van der Waals surface area contributed by atoms with Gasteiger partial charge < -0.3 is 4.74 Å². The fourth-order valence-electron chi connectivity index (χ4n) is 1.74. The van der Waals surface area contributed by atoms with E-state index in [9.17, 15) is 0 Å². The Morgan fingerprint density at radius 3 is 3.00 bits per heavy atom. The van der Waals surface area contributed by atoms with Crippen LogP contribution < -0.4 is 4.74 Å². The third-order valence-corrected chi connectivity index (χ3v) is 2.40. The first-order valence-electron chi connectivity index (χ1n) is 4.62. The molecule has 0 bridgehead atoms. The molecule has 68 valence electrons. The Bertz CT molecular complexity index is 517. The molecule has 2 heteroatoms. The van der Waals surface area contributed by atoms with Gasteiger partial charge in [0, 0.05) is 11.6 Å². The van der Waals surface area contributed by atoms with Crippen LogP contribution in [0, 0.1) is 0 Å². The quantitative estimate of drug-likeness (QED) is 0.615. The van der Waals surface area contributed by atoms with Gasteiger partial charge in [-0.1, -0.05) is 30.3 Å². The SMILES string of the molecule is C1=Nc2c(ccc3ccccc23)OC1. The second-order valence-corrected chi connectivity index (χ2v) is 3.26. The van der Waals surface area contributed by atoms with Crippen molar-refractivity contribution >= 4 is 22.7 Å². The molecule has 2 aromatic carbocycles. The molecule has 1 aliphatic rings. The average Bonchev–Trinajstić information content (AvgIpc) is 2.29. The summed E-state index contributed by atoms with van der Waals surface area (Å²) in [5.74, 6) is 0.881. The summed E-state index contributed by atoms with van der Waals surface area (Å²) in [6.07, 6.45) is 1.80. The van der Waals surface area contributed by atoms with Crippen molar-refractivity contribution in [2.45, 2.75) is 0 Å². The van der Waals surface area contributed by atoms with Gasteiger partial charge in [-0.25, -0.2) is 0 Å². The number of fused-ring (bicyclic) bond motifs is 3. The lowest BCUT2D eigenvalue weighted by molar-refractivity contribution is 0.377. The van der Waals surface area contributed by atoms with E-state index in [-0.39, 0.29) is 0 Å². The number of hydrogen-bond acceptors (Lipinski definition) is 2. The predicted molar refractivity (Wildman–Crippen MR) is 57.6 cm³/mol. The molecule has 0 radical (unpaired) electrons. The summed E-state index contributed by atoms with van der Waals surface area (Å²) < 4.78 is 5.48. The fraction of sp³-hybridized carbons (Fsp3) is 0.0833. The maximum atomic E-state index is 5.48. The maximum absolute atomic E-state index is 5.48. The molecule has 0 saturated heterocycles. The lowest BCUT2D eigenvalue weighted by Crippen LogP contribution is -2.02. The molecule has 0 aromatic heterocycles. The molecule has 0 unspecified atom stereocenters. The lowest BCUT2D eigenvalue weighted by Gasteiger charge is -2.13. The highest BCUT2D eigenvalue weighted by Crippen LogP contribution is 2.36. The molecule has 0 spiro atoms. The van der Waals surface area contributed by atoms with Crippen LogP contribution >= 0.6 is 0 Å². The fourth-order valence-corrected chi connectivity index (χ4v) is 1.74. The molecule has 1 aliphatic heterocycles. The van der Waals surface area contributed by atoms with Crippen molar-refractivity contribution in [2.75, 3.05) is 6.61 Å². The molecule has 3 rings (SSSR count). The molecule has 0 atom stereocenters. The van der Waals surface area contributed by atoms with Crippen LogP contribution in [0.25, 0.3) is 10.8 Å². The van der Waals surface area contributed by atoms with Gasteiger partial charge in [0.1, 0.15) is 18.0 Å². The number of nitrogens with zero attached hydrogens (tertiary/aromatic N) is 1. The number of benzene rings is 2. The van der Waals surface area contributed by atoms with Crippen LogP contribution in [0.1, 0.15) is 0 Å². The first-order chi connectivity index (χ1) is 6.95. The van der Waals surface area contributed by atoms with E-state index in [1.807, 2.05) is 18.2 Å². The van der Waals surface area contributed by atoms with Crippen molar-refractivity contribution in [3.8, 4) is 5.75 Å². The van der Waals surface area contributed by atoms with Gasteiger partial charge >= 0.3 is 0 Å². The average molecular weight is 183 g/mol. The standard InChI is InChI=1S/C12H9NO/c1-2-4-10-9(3-1)5-6-11-12(10)13-7-8-14-11/h1-7H,8H2. The molecule has 0 saturated carbocycles. The Balaban J connectivity index is 2.42. The van der Waals surface area contributed by atoms with E-state index >= 15 is 0 Å². The first kappa shape index (κ1) is 7.56. The molecule has 0 aliphatic carbocycles. The minimum atomic E-state index is 0.575. The van der Waals surface area contributed by atoms with E-state index in [1.165, 1.54) is 5.39 Å². The van der Waals surface area contributed by atoms with Crippen molar-refractivity contribution in [1.82, 2.24) is 0 Å². The van der Waals surface area contributed by atoms with Crippen molar-refractivity contribution in [2.24, 2.45) is 4.99 Å². The zero-order valence-corrected chi connectivity index (χ0v) is 7.60. The van der Waals surface area contributed by atoms with Crippen LogP contribution in [0.2, 0.25) is 0 Å². The summed E-state index contributed by atoms with van der Waals surface area (Å²) in [6.45, 7) is 0.575. The smallest absolute Gasteiger partial charge is 0.146 e. The van der Waals surface area contributed by atoms with Crippen LogP contribution in [-0.2, 0) is 0 Å². The van der Waals surface area contributed by atoms with Crippen molar-refractivity contribution < 1.29 is 4.74 Å². The number of aliphatic imine (C=N–C) groups is 1. The number of hydrogen-bond donors (Lipinski definition) is 0. The summed E-state index contributed by atoms with van der Waals surface area (Å²) in [7, 11) is 0. The third-order valence-electron chi connectivity index (χ3n) is 2.40. The Morgan fingerprint density at radius 2 is 2.00 bits per heavy atom. The van der Waals surface area contributed by atoms with Gasteiger partial charge in [-0.15, -0.1) is 0 Å². The van der Waals surface area contributed by atoms with Gasteiger partial charge in [-0.2, -0.15) is 0 Å². The van der Waals surface area contributed by atoms with Crippen LogP contribution in [0.15, 0.2) is 41.4 Å². The van der Waals surface area contributed by atoms with Gasteiger partial charge in [0.2, 0.25) is 0 Å². The van der Waals surface area contributed by atoms with Crippen molar-refractivity contribution in [3.05, 3.63) is 36.4 Å². The summed E-state index contributed by atoms with van der Waals surface area (Å²) in [6, 6.07) is 12.2. The normalized spacial score (nSPS) is 13.7. The summed E-state index contributed by atoms with van der Waals surface area (Å²) in [5, 5.41) is 2.36. The van der Waals surface area contributed by atoms with Crippen LogP contribution in [0.3, 0.4) is 0 Å². The Morgan fingerprint density at radius 1 is 1.07 bits per heavy atom. The van der Waals surface area contributed by atoms with Crippen molar-refractivity contribution in [1.29, 1.82) is 0 Å². The number of ether oxygens (including phenoxy) is 1. The molecular formula is C12H9NO. The lowest BCUT2D eigenvalue weighted by atomic mass is 10.1. The van der Waals surface area contributed by atoms with Gasteiger partial charge in [0.15, 0.2) is 0 Å². The van der Waals surface area contributed by atoms with Crippen molar-refractivity contribution in [3.63, 3.8) is 0 Å². The first-order valence-corrected chi connectivity index (χ1v) is 4.62. The minimum Gasteiger partial charge on any atom is -0.486 e. The topological polar surface area (TPSA) is 21.6 Å². The zero-order valence-electron chi connectivity index (χ0n) is 7.60. The summed E-state index contributed by atoms with van der Waals surface area (Å²) >= 11 is 0. The molecule has 14 heavy (non-hydrogen) atoms. The largest absolute Gasteiger partial charge is 0.486 e. The highest BCUT2D eigenvalue weighted by Gasteiger charge is 2.09. The Labute approximate surface area is 81.8 Å². The van der Waals surface area contributed by atoms with E-state index in [2.05, 4.69) is 23.2 Å². The van der Waals surface area contributed by atoms with Crippen LogP contribution in [-0.4, -0.2) is 12.8 Å². The highest BCUT2D eigenvalue weighted by atomic mass is 16.5. The van der Waals surface area contributed by atoms with E-state index in [1.54, 1.807) is 6.21 Å². The molecule has 0 amide bonds. The van der Waals surface area contributed by atoms with E-state index in [0.29, 0.717) is 6.61 Å². The molecular weight excluding hydrogens is 174 g/mol. The van der Waals surface area contributed by atoms with Crippen LogP contribution in [0.4, 0.5) is 5.69 Å². The Hall–Kier alpha value is -1.83. The molecule has 1 heterocycles. The maximum Gasteiger partial charge on any atom is 0.146 e. The zero-order chi connectivity index (χ0) is 9.38. The Kier molecular flexibility index (Phi) is 1.53. The minimum absolute atomic E-state index is 0.575. The third kappa shape index (κ3) is 1.01. The summed E-state index contributed by atoms with van der Waals surface area (Å²) in [4.78, 5) is 4.37. The van der Waals surface area contributed by atoms with E-state index in [0.717, 1.165) is 16.8 Å². The molecule has 2 nitrogen and oxygen atoms in total. The van der Waals surface area contributed by atoms with Gasteiger partial charge in [-0.3, -0.25) is 4.99 Å². The predicted octanol–water partition coefficient (Wildman–Crippen LogP) is 2.93. The highest BCUT2D eigenvalue weighted by molar-refractivity contribution is 5.97. The van der Waals surface area contributed by atoms with Crippen LogP contribution in [0.5, 0.6) is 5.75 Å².